The summed E-state index contributed by atoms with van der Waals surface area (Å²) in [6, 6.07) is 24.7. The number of carbonyl (C=O) groups excluding carboxylic acids is 2. The number of carbonyl (C=O) groups is 2. The first-order valence-corrected chi connectivity index (χ1v) is 11.7. The molecule has 7 heteroatoms. The van der Waals surface area contributed by atoms with Crippen molar-refractivity contribution in [2.24, 2.45) is 0 Å². The highest BCUT2D eigenvalue weighted by molar-refractivity contribution is 6.33. The number of nitrogens with zero attached hydrogens (tertiary/aromatic N) is 3. The van der Waals surface area contributed by atoms with Crippen LogP contribution < -0.4 is 5.32 Å². The second-order valence-corrected chi connectivity index (χ2v) is 8.58. The third kappa shape index (κ3) is 5.64. The molecule has 34 heavy (non-hydrogen) atoms. The molecule has 0 aliphatic carbocycles. The molecule has 6 nitrogen and oxygen atoms in total. The summed E-state index contributed by atoms with van der Waals surface area (Å²) in [7, 11) is 1.82. The molecule has 0 unspecified atom stereocenters. The summed E-state index contributed by atoms with van der Waals surface area (Å²) in [5, 5.41) is 3.34. The number of aromatic nitrogens is 2. The van der Waals surface area contributed by atoms with Crippen molar-refractivity contribution >= 4 is 34.4 Å². The number of nitrogens with one attached hydrogen (secondary N) is 1. The molecule has 0 saturated heterocycles. The monoisotopic (exact) mass is 474 g/mol. The molecular weight excluding hydrogens is 448 g/mol. The Hall–Kier alpha value is -3.64. The van der Waals surface area contributed by atoms with Crippen LogP contribution in [0.15, 0.2) is 78.9 Å². The molecule has 1 aromatic heterocycles. The van der Waals surface area contributed by atoms with Gasteiger partial charge in [-0.1, -0.05) is 66.2 Å². The van der Waals surface area contributed by atoms with E-state index in [0.29, 0.717) is 36.5 Å². The lowest BCUT2D eigenvalue weighted by atomic mass is 10.2. The quantitative estimate of drug-likeness (QED) is 0.357. The minimum absolute atomic E-state index is 0.0141. The van der Waals surface area contributed by atoms with Gasteiger partial charge in [-0.25, -0.2) is 4.98 Å². The van der Waals surface area contributed by atoms with Crippen LogP contribution in [0.5, 0.6) is 0 Å². The molecule has 1 heterocycles. The van der Waals surface area contributed by atoms with Crippen LogP contribution in [-0.4, -0.2) is 39.9 Å². The van der Waals surface area contributed by atoms with Crippen molar-refractivity contribution in [3.63, 3.8) is 0 Å². The van der Waals surface area contributed by atoms with Crippen molar-refractivity contribution in [2.45, 2.75) is 25.9 Å². The first-order valence-electron chi connectivity index (χ1n) is 11.3. The fraction of sp³-hybridized carbons (Fsp3) is 0.222. The number of fused-ring (bicyclic) bond motifs is 1. The van der Waals surface area contributed by atoms with Gasteiger partial charge in [-0.15, -0.1) is 0 Å². The zero-order chi connectivity index (χ0) is 23.9. The first kappa shape index (κ1) is 23.5. The van der Waals surface area contributed by atoms with Gasteiger partial charge in [-0.3, -0.25) is 9.59 Å². The fourth-order valence-corrected chi connectivity index (χ4v) is 4.10. The molecule has 0 fully saturated rings. The molecule has 1 N–H and O–H groups in total. The minimum atomic E-state index is -0.197. The number of halogens is 1. The van der Waals surface area contributed by atoms with Crippen LogP contribution in [0.2, 0.25) is 5.02 Å². The summed E-state index contributed by atoms with van der Waals surface area (Å²) < 4.78 is 1.98. The second kappa shape index (κ2) is 11.0. The Labute approximate surface area is 204 Å². The standard InChI is InChI=1S/C27H27ClN4O2/c1-31(18-20-10-3-2-4-11-20)26(33)19-32-24-15-8-7-14-23(24)30-25(32)16-9-17-29-27(34)21-12-5-6-13-22(21)28/h2-8,10-15H,9,16-19H2,1H3,(H,29,34). The molecule has 0 atom stereocenters. The van der Waals surface area contributed by atoms with Crippen LogP contribution in [0.4, 0.5) is 0 Å². The van der Waals surface area contributed by atoms with Gasteiger partial charge in [0.1, 0.15) is 12.4 Å². The summed E-state index contributed by atoms with van der Waals surface area (Å²) in [6.45, 7) is 1.25. The van der Waals surface area contributed by atoms with Gasteiger partial charge in [0.05, 0.1) is 21.6 Å². The number of benzene rings is 3. The molecule has 4 aromatic rings. The van der Waals surface area contributed by atoms with Gasteiger partial charge in [0.25, 0.3) is 5.91 Å². The Morgan fingerprint density at radius 1 is 0.971 bits per heavy atom. The maximum absolute atomic E-state index is 13.0. The number of para-hydroxylation sites is 2. The van der Waals surface area contributed by atoms with E-state index >= 15 is 0 Å². The lowest BCUT2D eigenvalue weighted by Gasteiger charge is -2.19. The minimum Gasteiger partial charge on any atom is -0.352 e. The summed E-state index contributed by atoms with van der Waals surface area (Å²) in [6.07, 6.45) is 1.32. The van der Waals surface area contributed by atoms with Crippen molar-refractivity contribution < 1.29 is 9.59 Å². The molecule has 0 saturated carbocycles. The van der Waals surface area contributed by atoms with E-state index in [1.807, 2.05) is 66.2 Å². The van der Waals surface area contributed by atoms with Gasteiger partial charge < -0.3 is 14.8 Å². The van der Waals surface area contributed by atoms with Crippen molar-refractivity contribution in [3.05, 3.63) is 101 Å². The number of imidazole rings is 1. The number of hydrogen-bond acceptors (Lipinski definition) is 3. The normalized spacial score (nSPS) is 10.9. The van der Waals surface area contributed by atoms with Gasteiger partial charge in [0.2, 0.25) is 5.91 Å². The van der Waals surface area contributed by atoms with Gasteiger partial charge in [-0.2, -0.15) is 0 Å². The molecule has 3 aromatic carbocycles. The Bertz CT molecular complexity index is 1290. The maximum Gasteiger partial charge on any atom is 0.252 e. The van der Waals surface area contributed by atoms with Crippen LogP contribution >= 0.6 is 11.6 Å². The maximum atomic E-state index is 13.0. The van der Waals surface area contributed by atoms with Crippen molar-refractivity contribution in [1.82, 2.24) is 19.8 Å². The highest BCUT2D eigenvalue weighted by atomic mass is 35.5. The lowest BCUT2D eigenvalue weighted by molar-refractivity contribution is -0.131. The second-order valence-electron chi connectivity index (χ2n) is 8.18. The summed E-state index contributed by atoms with van der Waals surface area (Å²) in [5.74, 6) is 0.645. The van der Waals surface area contributed by atoms with E-state index in [1.54, 1.807) is 29.2 Å². The highest BCUT2D eigenvalue weighted by Crippen LogP contribution is 2.18. The third-order valence-corrected chi connectivity index (χ3v) is 6.03. The lowest BCUT2D eigenvalue weighted by Crippen LogP contribution is -2.30. The van der Waals surface area contributed by atoms with E-state index in [4.69, 9.17) is 16.6 Å². The third-order valence-electron chi connectivity index (χ3n) is 5.70. The molecule has 0 bridgehead atoms. The smallest absolute Gasteiger partial charge is 0.252 e. The van der Waals surface area contributed by atoms with Crippen LogP contribution in [0.1, 0.15) is 28.2 Å². The summed E-state index contributed by atoms with van der Waals surface area (Å²) in [4.78, 5) is 31.9. The van der Waals surface area contributed by atoms with Gasteiger partial charge >= 0.3 is 0 Å². The van der Waals surface area contributed by atoms with Crippen LogP contribution in [0.25, 0.3) is 11.0 Å². The van der Waals surface area contributed by atoms with Gasteiger partial charge in [0, 0.05) is 26.6 Å². The largest absolute Gasteiger partial charge is 0.352 e. The van der Waals surface area contributed by atoms with Crippen molar-refractivity contribution in [1.29, 1.82) is 0 Å². The highest BCUT2D eigenvalue weighted by Gasteiger charge is 2.16. The number of aryl methyl sites for hydroxylation is 1. The molecule has 0 spiro atoms. The van der Waals surface area contributed by atoms with E-state index in [2.05, 4.69) is 5.32 Å². The molecular formula is C27H27ClN4O2. The predicted octanol–water partition coefficient (Wildman–Crippen LogP) is 4.71. The van der Waals surface area contributed by atoms with E-state index in [9.17, 15) is 9.59 Å². The average Bonchev–Trinajstić information content (AvgIpc) is 3.19. The number of rotatable bonds is 9. The Morgan fingerprint density at radius 3 is 2.47 bits per heavy atom. The number of amides is 2. The Balaban J connectivity index is 1.41. The van der Waals surface area contributed by atoms with Crippen LogP contribution in [-0.2, 0) is 24.3 Å². The van der Waals surface area contributed by atoms with E-state index in [0.717, 1.165) is 22.4 Å². The number of likely N-dealkylation sites (N-methyl/N-ethyl adjacent to an activating group) is 1. The van der Waals surface area contributed by atoms with E-state index in [-0.39, 0.29) is 18.4 Å². The Morgan fingerprint density at radius 2 is 1.68 bits per heavy atom. The number of hydrogen-bond donors (Lipinski definition) is 1. The average molecular weight is 475 g/mol. The molecule has 0 aliphatic heterocycles. The van der Waals surface area contributed by atoms with Crippen LogP contribution in [0.3, 0.4) is 0 Å². The fourth-order valence-electron chi connectivity index (χ4n) is 3.88. The topological polar surface area (TPSA) is 67.2 Å². The summed E-state index contributed by atoms with van der Waals surface area (Å²) >= 11 is 6.11. The Kier molecular flexibility index (Phi) is 7.60. The molecule has 0 aliphatic rings. The zero-order valence-electron chi connectivity index (χ0n) is 19.1. The summed E-state index contributed by atoms with van der Waals surface area (Å²) in [5.41, 5.74) is 3.34. The van der Waals surface area contributed by atoms with E-state index < -0.39 is 0 Å². The van der Waals surface area contributed by atoms with Gasteiger partial charge in [-0.05, 0) is 36.2 Å². The SMILES string of the molecule is CN(Cc1ccccc1)C(=O)Cn1c(CCCNC(=O)c2ccccc2Cl)nc2ccccc21. The molecule has 0 radical (unpaired) electrons. The van der Waals surface area contributed by atoms with Crippen molar-refractivity contribution in [3.8, 4) is 0 Å². The van der Waals surface area contributed by atoms with Crippen molar-refractivity contribution in [2.75, 3.05) is 13.6 Å². The first-order chi connectivity index (χ1) is 16.5. The molecule has 4 rings (SSSR count). The van der Waals surface area contributed by atoms with Gasteiger partial charge in [0.15, 0.2) is 0 Å². The van der Waals surface area contributed by atoms with Crippen LogP contribution in [0, 0.1) is 0 Å². The molecule has 174 valence electrons. The molecule has 2 amide bonds. The zero-order valence-corrected chi connectivity index (χ0v) is 19.8. The van der Waals surface area contributed by atoms with E-state index in [1.165, 1.54) is 0 Å². The predicted molar refractivity (Wildman–Crippen MR) is 135 cm³/mol.